The minimum atomic E-state index is 1.26. The minimum Gasteiger partial charge on any atom is -0.0654 e. The number of benzene rings is 1. The summed E-state index contributed by atoms with van der Waals surface area (Å²) in [6.45, 7) is 4.59. The molecule has 0 fully saturated rings. The molecule has 1 aromatic carbocycles. The van der Waals surface area contributed by atoms with Gasteiger partial charge in [0.2, 0.25) is 0 Å². The highest BCUT2D eigenvalue weighted by Gasteiger charge is 2.02. The molecular weight excluding hydrogens is 336 g/mol. The van der Waals surface area contributed by atoms with Crippen LogP contribution in [0.15, 0.2) is 18.2 Å². The van der Waals surface area contributed by atoms with Crippen LogP contribution in [0.4, 0.5) is 0 Å². The first-order chi connectivity index (χ1) is 13.9. The van der Waals surface area contributed by atoms with E-state index in [1.165, 1.54) is 128 Å². The molecule has 1 rings (SSSR count). The molecule has 0 nitrogen and oxygen atoms in total. The van der Waals surface area contributed by atoms with E-state index < -0.39 is 0 Å². The Morgan fingerprint density at radius 1 is 0.500 bits per heavy atom. The number of unbranched alkanes of at least 4 members (excludes halogenated alkanes) is 16. The van der Waals surface area contributed by atoms with Gasteiger partial charge in [0.1, 0.15) is 0 Å². The molecule has 0 aliphatic rings. The van der Waals surface area contributed by atoms with Gasteiger partial charge in [0.25, 0.3) is 0 Å². The number of rotatable bonds is 20. The lowest BCUT2D eigenvalue weighted by Gasteiger charge is -2.09. The summed E-state index contributed by atoms with van der Waals surface area (Å²) in [5.74, 6) is 0. The van der Waals surface area contributed by atoms with Gasteiger partial charge in [0, 0.05) is 0 Å². The molecule has 0 aliphatic heterocycles. The van der Waals surface area contributed by atoms with Crippen LogP contribution in [0.1, 0.15) is 141 Å². The Hall–Kier alpha value is -0.780. The monoisotopic (exact) mass is 385 g/mol. The van der Waals surface area contributed by atoms with Crippen LogP contribution in [-0.4, -0.2) is 0 Å². The number of aryl methyl sites for hydroxylation is 2. The van der Waals surface area contributed by atoms with Crippen molar-refractivity contribution in [3.8, 4) is 0 Å². The third-order valence-corrected chi connectivity index (χ3v) is 6.15. The van der Waals surface area contributed by atoms with E-state index >= 15 is 0 Å². The van der Waals surface area contributed by atoms with Gasteiger partial charge < -0.3 is 0 Å². The Balaban J connectivity index is 2.06. The van der Waals surface area contributed by atoms with Crippen molar-refractivity contribution in [1.29, 1.82) is 0 Å². The van der Waals surface area contributed by atoms with Gasteiger partial charge in [-0.3, -0.25) is 0 Å². The topological polar surface area (TPSA) is 0 Å². The van der Waals surface area contributed by atoms with Gasteiger partial charge in [0.15, 0.2) is 0 Å². The van der Waals surface area contributed by atoms with Crippen molar-refractivity contribution >= 4 is 0 Å². The van der Waals surface area contributed by atoms with E-state index in [2.05, 4.69) is 38.1 Å². The Labute approximate surface area is 177 Å². The van der Waals surface area contributed by atoms with Crippen LogP contribution in [0.3, 0.4) is 0 Å². The van der Waals surface area contributed by atoms with Crippen molar-refractivity contribution in [2.75, 3.05) is 0 Å². The van der Waals surface area contributed by atoms with Crippen LogP contribution >= 0.6 is 0 Å². The van der Waals surface area contributed by atoms with E-state index in [1.807, 2.05) is 0 Å². The zero-order chi connectivity index (χ0) is 20.1. The fourth-order valence-corrected chi connectivity index (χ4v) is 4.23. The molecule has 0 amide bonds. The maximum absolute atomic E-state index is 3.32. The minimum absolute atomic E-state index is 1.26. The Morgan fingerprint density at radius 3 is 1.36 bits per heavy atom. The Bertz CT molecular complexity index is 392. The van der Waals surface area contributed by atoms with E-state index in [1.54, 1.807) is 11.1 Å². The fraction of sp³-hybridized carbons (Fsp3) is 0.786. The lowest BCUT2D eigenvalue weighted by Crippen LogP contribution is -1.95. The third-order valence-electron chi connectivity index (χ3n) is 6.15. The molecule has 1 radical (unpaired) electrons. The predicted octanol–water partition coefficient (Wildman–Crippen LogP) is 9.63. The maximum atomic E-state index is 3.32. The van der Waals surface area contributed by atoms with E-state index in [0.29, 0.717) is 0 Å². The lowest BCUT2D eigenvalue weighted by atomic mass is 9.96. The van der Waals surface area contributed by atoms with Crippen LogP contribution in [0.25, 0.3) is 0 Å². The molecule has 1 aromatic rings. The zero-order valence-electron chi connectivity index (χ0n) is 19.4. The fourth-order valence-electron chi connectivity index (χ4n) is 4.23. The maximum Gasteiger partial charge on any atom is -0.0181 e. The molecule has 0 saturated carbocycles. The highest BCUT2D eigenvalue weighted by molar-refractivity contribution is 5.26. The highest BCUT2D eigenvalue weighted by atomic mass is 14.1. The third kappa shape index (κ3) is 14.3. The first-order valence-electron chi connectivity index (χ1n) is 12.9. The second kappa shape index (κ2) is 19.5. The van der Waals surface area contributed by atoms with Crippen molar-refractivity contribution in [3.05, 3.63) is 35.4 Å². The van der Waals surface area contributed by atoms with Gasteiger partial charge in [-0.05, 0) is 42.9 Å². The molecule has 0 bridgehead atoms. The normalized spacial score (nSPS) is 11.2. The zero-order valence-corrected chi connectivity index (χ0v) is 19.4. The molecular formula is C28H49. The van der Waals surface area contributed by atoms with Gasteiger partial charge >= 0.3 is 0 Å². The van der Waals surface area contributed by atoms with Crippen molar-refractivity contribution < 1.29 is 0 Å². The van der Waals surface area contributed by atoms with Crippen LogP contribution in [0.5, 0.6) is 0 Å². The molecule has 0 saturated heterocycles. The van der Waals surface area contributed by atoms with E-state index in [4.69, 9.17) is 0 Å². The number of hydrogen-bond acceptors (Lipinski definition) is 0. The van der Waals surface area contributed by atoms with Crippen molar-refractivity contribution in [2.24, 2.45) is 0 Å². The van der Waals surface area contributed by atoms with Crippen LogP contribution in [-0.2, 0) is 12.8 Å². The molecule has 0 atom stereocenters. The molecule has 0 aromatic heterocycles. The van der Waals surface area contributed by atoms with Crippen LogP contribution in [0.2, 0.25) is 0 Å². The average molecular weight is 386 g/mol. The summed E-state index contributed by atoms with van der Waals surface area (Å²) >= 11 is 0. The second-order valence-corrected chi connectivity index (χ2v) is 8.85. The van der Waals surface area contributed by atoms with Gasteiger partial charge in [-0.1, -0.05) is 135 Å². The van der Waals surface area contributed by atoms with E-state index in [-0.39, 0.29) is 0 Å². The summed E-state index contributed by atoms with van der Waals surface area (Å²) in [6, 6.07) is 10.0. The quantitative estimate of drug-likeness (QED) is 0.196. The Kier molecular flexibility index (Phi) is 17.6. The van der Waals surface area contributed by atoms with Gasteiger partial charge in [-0.2, -0.15) is 0 Å². The van der Waals surface area contributed by atoms with Gasteiger partial charge in [0.05, 0.1) is 0 Å². The average Bonchev–Trinajstić information content (AvgIpc) is 2.72. The molecule has 0 unspecified atom stereocenters. The molecule has 0 heterocycles. The lowest BCUT2D eigenvalue weighted by molar-refractivity contribution is 0.561. The summed E-state index contributed by atoms with van der Waals surface area (Å²) in [4.78, 5) is 0. The smallest absolute Gasteiger partial charge is 0.0181 e. The molecule has 0 aliphatic carbocycles. The summed E-state index contributed by atoms with van der Waals surface area (Å²) in [7, 11) is 0. The number of hydrogen-bond donors (Lipinski definition) is 0. The standard InChI is InChI=1S/C28H49/c1-3-5-7-9-11-13-15-17-19-23-27-25-21-22-26-28(27)24-20-18-16-14-12-10-8-6-4-2/h21,25-26H,3-20,23-24H2,1-2H3. The molecule has 161 valence electrons. The summed E-state index contributed by atoms with van der Waals surface area (Å²) in [5, 5.41) is 0. The molecule has 0 heteroatoms. The second-order valence-electron chi connectivity index (χ2n) is 8.85. The summed E-state index contributed by atoms with van der Waals surface area (Å²) < 4.78 is 0. The highest BCUT2D eigenvalue weighted by Crippen LogP contribution is 2.18. The van der Waals surface area contributed by atoms with Crippen LogP contribution in [0, 0.1) is 6.07 Å². The SMILES string of the molecule is CCCCCCCCCCCc1c[c]ccc1CCCCCCCCCCC. The molecule has 0 N–H and O–H groups in total. The molecule has 0 spiro atoms. The first kappa shape index (κ1) is 25.3. The van der Waals surface area contributed by atoms with Crippen molar-refractivity contribution in [1.82, 2.24) is 0 Å². The first-order valence-corrected chi connectivity index (χ1v) is 12.9. The van der Waals surface area contributed by atoms with Crippen LogP contribution < -0.4 is 0 Å². The van der Waals surface area contributed by atoms with E-state index in [0.717, 1.165) is 0 Å². The largest absolute Gasteiger partial charge is 0.0654 e. The van der Waals surface area contributed by atoms with Gasteiger partial charge in [-0.15, -0.1) is 0 Å². The summed E-state index contributed by atoms with van der Waals surface area (Å²) in [6.07, 6.45) is 28.1. The van der Waals surface area contributed by atoms with Gasteiger partial charge in [-0.25, -0.2) is 0 Å². The van der Waals surface area contributed by atoms with E-state index in [9.17, 15) is 0 Å². The molecule has 28 heavy (non-hydrogen) atoms. The predicted molar refractivity (Wildman–Crippen MR) is 127 cm³/mol. The van der Waals surface area contributed by atoms with Crippen molar-refractivity contribution in [2.45, 2.75) is 142 Å². The Morgan fingerprint density at radius 2 is 0.893 bits per heavy atom. The van der Waals surface area contributed by atoms with Crippen molar-refractivity contribution in [3.63, 3.8) is 0 Å². The summed E-state index contributed by atoms with van der Waals surface area (Å²) in [5.41, 5.74) is 3.17.